The molecule has 2 nitrogen and oxygen atoms in total. The summed E-state index contributed by atoms with van der Waals surface area (Å²) in [7, 11) is 0. The molecule has 0 spiro atoms. The van der Waals surface area contributed by atoms with E-state index in [1.165, 1.54) is 6.08 Å². The van der Waals surface area contributed by atoms with E-state index in [4.69, 9.17) is 10.5 Å². The molecule has 0 aliphatic heterocycles. The van der Waals surface area contributed by atoms with Crippen LogP contribution >= 0.6 is 0 Å². The molecule has 0 radical (unpaired) electrons. The Bertz CT molecular complexity index is 388. The maximum absolute atomic E-state index is 12.2. The lowest BCUT2D eigenvalue weighted by atomic mass is 10.1. The van der Waals surface area contributed by atoms with E-state index in [0.717, 1.165) is 6.08 Å². The zero-order chi connectivity index (χ0) is 12.9. The van der Waals surface area contributed by atoms with Gasteiger partial charge in [-0.3, -0.25) is 0 Å². The molecule has 1 aromatic rings. The van der Waals surface area contributed by atoms with Crippen LogP contribution in [0.5, 0.6) is 5.75 Å². The molecule has 0 bridgehead atoms. The van der Waals surface area contributed by atoms with Gasteiger partial charge in [0, 0.05) is 5.56 Å². The van der Waals surface area contributed by atoms with Crippen LogP contribution in [0.15, 0.2) is 30.3 Å². The second kappa shape index (κ2) is 5.72. The molecule has 17 heavy (non-hydrogen) atoms. The zero-order valence-electron chi connectivity index (χ0n) is 9.37. The third-order valence-electron chi connectivity index (χ3n) is 2.08. The first-order valence-electron chi connectivity index (χ1n) is 5.17. The Balaban J connectivity index is 2.84. The van der Waals surface area contributed by atoms with Gasteiger partial charge in [-0.05, 0) is 13.0 Å². The Morgan fingerprint density at radius 3 is 2.59 bits per heavy atom. The lowest BCUT2D eigenvalue weighted by Crippen LogP contribution is -2.35. The predicted molar refractivity (Wildman–Crippen MR) is 60.7 cm³/mol. The largest absolute Gasteiger partial charge is 0.493 e. The normalized spacial score (nSPS) is 13.9. The molecule has 0 fully saturated rings. The molecule has 5 heteroatoms. The third kappa shape index (κ3) is 4.11. The first-order chi connectivity index (χ1) is 7.95. The van der Waals surface area contributed by atoms with E-state index < -0.39 is 12.2 Å². The topological polar surface area (TPSA) is 35.2 Å². The Morgan fingerprint density at radius 2 is 2.00 bits per heavy atom. The Morgan fingerprint density at radius 1 is 1.35 bits per heavy atom. The number of hydrogen-bond acceptors (Lipinski definition) is 2. The Hall–Kier alpha value is -1.49. The van der Waals surface area contributed by atoms with E-state index in [1.54, 1.807) is 24.3 Å². The van der Waals surface area contributed by atoms with Crippen molar-refractivity contribution < 1.29 is 17.9 Å². The van der Waals surface area contributed by atoms with Gasteiger partial charge in [-0.2, -0.15) is 13.2 Å². The fraction of sp³-hybridized carbons (Fsp3) is 0.333. The molecule has 0 aromatic heterocycles. The minimum absolute atomic E-state index is 0.455. The molecular weight excluding hydrogens is 231 g/mol. The molecule has 2 N–H and O–H groups in total. The average Bonchev–Trinajstić information content (AvgIpc) is 2.26. The smallest absolute Gasteiger partial charge is 0.407 e. The Labute approximate surface area is 97.9 Å². The summed E-state index contributed by atoms with van der Waals surface area (Å²) in [6.45, 7) is 2.26. The van der Waals surface area contributed by atoms with E-state index in [-0.39, 0.29) is 0 Å². The van der Waals surface area contributed by atoms with Crippen molar-refractivity contribution >= 4 is 6.08 Å². The molecular formula is C12H14F3NO. The molecule has 0 heterocycles. The van der Waals surface area contributed by atoms with Gasteiger partial charge in [-0.1, -0.05) is 30.4 Å². The first kappa shape index (κ1) is 13.6. The molecule has 0 unspecified atom stereocenters. The first-order valence-corrected chi connectivity index (χ1v) is 5.17. The van der Waals surface area contributed by atoms with Gasteiger partial charge in [0.2, 0.25) is 0 Å². The molecule has 94 valence electrons. The molecule has 1 rings (SSSR count). The van der Waals surface area contributed by atoms with Crippen molar-refractivity contribution in [3.8, 4) is 5.75 Å². The summed E-state index contributed by atoms with van der Waals surface area (Å²) >= 11 is 0. The van der Waals surface area contributed by atoms with Crippen molar-refractivity contribution in [3.63, 3.8) is 0 Å². The SMILES string of the molecule is CCOc1ccccc1C=C[C@H](N)C(F)(F)F. The van der Waals surface area contributed by atoms with Crippen molar-refractivity contribution in [1.82, 2.24) is 0 Å². The van der Waals surface area contributed by atoms with Crippen molar-refractivity contribution in [1.29, 1.82) is 0 Å². The summed E-state index contributed by atoms with van der Waals surface area (Å²) in [5, 5.41) is 0. The van der Waals surface area contributed by atoms with Gasteiger partial charge in [-0.15, -0.1) is 0 Å². The van der Waals surface area contributed by atoms with Crippen LogP contribution in [0.4, 0.5) is 13.2 Å². The van der Waals surface area contributed by atoms with Crippen molar-refractivity contribution in [2.45, 2.75) is 19.1 Å². The summed E-state index contributed by atoms with van der Waals surface area (Å²) in [6, 6.07) is 4.89. The standard InChI is InChI=1S/C12H14F3NO/c1-2-17-10-6-4-3-5-9(10)7-8-11(16)12(13,14)15/h3-8,11H,2,16H2,1H3/t11-/m0/s1. The fourth-order valence-electron chi connectivity index (χ4n) is 1.22. The number of benzene rings is 1. The highest BCUT2D eigenvalue weighted by Gasteiger charge is 2.34. The molecule has 1 atom stereocenters. The minimum atomic E-state index is -4.42. The van der Waals surface area contributed by atoms with E-state index >= 15 is 0 Å². The Kier molecular flexibility index (Phi) is 4.57. The summed E-state index contributed by atoms with van der Waals surface area (Å²) in [4.78, 5) is 0. The highest BCUT2D eigenvalue weighted by molar-refractivity contribution is 5.57. The summed E-state index contributed by atoms with van der Waals surface area (Å²) < 4.78 is 41.9. The monoisotopic (exact) mass is 245 g/mol. The van der Waals surface area contributed by atoms with Gasteiger partial charge in [0.15, 0.2) is 0 Å². The second-order valence-corrected chi connectivity index (χ2v) is 3.40. The molecule has 0 amide bonds. The predicted octanol–water partition coefficient (Wildman–Crippen LogP) is 2.99. The lowest BCUT2D eigenvalue weighted by Gasteiger charge is -2.11. The number of nitrogens with two attached hydrogens (primary N) is 1. The van der Waals surface area contributed by atoms with E-state index in [1.807, 2.05) is 6.92 Å². The van der Waals surface area contributed by atoms with Gasteiger partial charge < -0.3 is 10.5 Å². The lowest BCUT2D eigenvalue weighted by molar-refractivity contribution is -0.136. The number of hydrogen-bond donors (Lipinski definition) is 1. The molecule has 1 aromatic carbocycles. The summed E-state index contributed by atoms with van der Waals surface area (Å²) in [5.41, 5.74) is 5.55. The van der Waals surface area contributed by atoms with Gasteiger partial charge in [0.05, 0.1) is 6.61 Å². The number of rotatable bonds is 4. The van der Waals surface area contributed by atoms with E-state index in [2.05, 4.69) is 0 Å². The minimum Gasteiger partial charge on any atom is -0.493 e. The molecule has 0 aliphatic rings. The van der Waals surface area contributed by atoms with Crippen LogP contribution in [0.1, 0.15) is 12.5 Å². The van der Waals surface area contributed by atoms with Crippen LogP contribution in [-0.2, 0) is 0 Å². The fourth-order valence-corrected chi connectivity index (χ4v) is 1.22. The average molecular weight is 245 g/mol. The number of alkyl halides is 3. The van der Waals surface area contributed by atoms with Crippen molar-refractivity contribution in [2.24, 2.45) is 5.73 Å². The number of para-hydroxylation sites is 1. The van der Waals surface area contributed by atoms with Crippen LogP contribution < -0.4 is 10.5 Å². The van der Waals surface area contributed by atoms with Gasteiger partial charge in [0.1, 0.15) is 11.8 Å². The van der Waals surface area contributed by atoms with Crippen LogP contribution in [0.3, 0.4) is 0 Å². The van der Waals surface area contributed by atoms with Crippen molar-refractivity contribution in [2.75, 3.05) is 6.61 Å². The zero-order valence-corrected chi connectivity index (χ0v) is 9.37. The summed E-state index contributed by atoms with van der Waals surface area (Å²) in [5.74, 6) is 0.542. The third-order valence-corrected chi connectivity index (χ3v) is 2.08. The maximum atomic E-state index is 12.2. The van der Waals surface area contributed by atoms with Crippen LogP contribution in [0, 0.1) is 0 Å². The van der Waals surface area contributed by atoms with E-state index in [0.29, 0.717) is 17.9 Å². The van der Waals surface area contributed by atoms with Crippen molar-refractivity contribution in [3.05, 3.63) is 35.9 Å². The number of ether oxygens (including phenoxy) is 1. The highest BCUT2D eigenvalue weighted by Crippen LogP contribution is 2.23. The molecule has 0 aliphatic carbocycles. The van der Waals surface area contributed by atoms with Crippen LogP contribution in [0.25, 0.3) is 6.08 Å². The molecule has 0 saturated heterocycles. The van der Waals surface area contributed by atoms with Gasteiger partial charge in [-0.25, -0.2) is 0 Å². The van der Waals surface area contributed by atoms with Crippen LogP contribution in [-0.4, -0.2) is 18.8 Å². The quantitative estimate of drug-likeness (QED) is 0.885. The van der Waals surface area contributed by atoms with Gasteiger partial charge in [0.25, 0.3) is 0 Å². The van der Waals surface area contributed by atoms with Crippen LogP contribution in [0.2, 0.25) is 0 Å². The van der Waals surface area contributed by atoms with Gasteiger partial charge >= 0.3 is 6.18 Å². The summed E-state index contributed by atoms with van der Waals surface area (Å²) in [6.07, 6.45) is -2.18. The van der Waals surface area contributed by atoms with E-state index in [9.17, 15) is 13.2 Å². The number of halogens is 3. The highest BCUT2D eigenvalue weighted by atomic mass is 19.4. The maximum Gasteiger partial charge on any atom is 0.407 e. The second-order valence-electron chi connectivity index (χ2n) is 3.40. The molecule has 0 saturated carbocycles.